The number of thioether (sulfide) groups is 1. The summed E-state index contributed by atoms with van der Waals surface area (Å²) in [5.41, 5.74) is 2.30. The third-order valence-corrected chi connectivity index (χ3v) is 6.46. The second-order valence-electron chi connectivity index (χ2n) is 7.59. The normalized spacial score (nSPS) is 14.8. The van der Waals surface area contributed by atoms with E-state index in [0.29, 0.717) is 38.0 Å². The van der Waals surface area contributed by atoms with Gasteiger partial charge in [-0.2, -0.15) is 0 Å². The fourth-order valence-electron chi connectivity index (χ4n) is 3.09. The van der Waals surface area contributed by atoms with Crippen molar-refractivity contribution in [2.45, 2.75) is 33.7 Å². The lowest BCUT2D eigenvalue weighted by Crippen LogP contribution is -2.34. The van der Waals surface area contributed by atoms with Crippen LogP contribution < -0.4 is 14.8 Å². The van der Waals surface area contributed by atoms with Gasteiger partial charge in [0.2, 0.25) is 0 Å². The van der Waals surface area contributed by atoms with E-state index in [1.165, 1.54) is 11.8 Å². The van der Waals surface area contributed by atoms with Gasteiger partial charge in [0.25, 0.3) is 11.8 Å². The zero-order chi connectivity index (χ0) is 24.1. The quantitative estimate of drug-likeness (QED) is 0.369. The van der Waals surface area contributed by atoms with E-state index in [4.69, 9.17) is 33.3 Å². The maximum atomic E-state index is 12.6. The first-order chi connectivity index (χ1) is 15.7. The van der Waals surface area contributed by atoms with Crippen molar-refractivity contribution in [2.75, 3.05) is 18.5 Å². The first-order valence-corrected chi connectivity index (χ1v) is 12.0. The molecule has 1 heterocycles. The van der Waals surface area contributed by atoms with Gasteiger partial charge in [0.05, 0.1) is 11.5 Å². The maximum Gasteiger partial charge on any atom is 0.266 e. The van der Waals surface area contributed by atoms with Crippen molar-refractivity contribution in [3.8, 4) is 11.5 Å². The Bertz CT molecular complexity index is 1120. The van der Waals surface area contributed by atoms with E-state index in [1.54, 1.807) is 41.3 Å². The van der Waals surface area contributed by atoms with Crippen LogP contribution in [0.5, 0.6) is 11.5 Å². The van der Waals surface area contributed by atoms with E-state index in [-0.39, 0.29) is 24.5 Å². The highest BCUT2D eigenvalue weighted by Gasteiger charge is 2.33. The minimum atomic E-state index is -0.321. The van der Waals surface area contributed by atoms with Gasteiger partial charge in [-0.25, -0.2) is 0 Å². The van der Waals surface area contributed by atoms with E-state index in [9.17, 15) is 9.59 Å². The van der Waals surface area contributed by atoms with Crippen molar-refractivity contribution < 1.29 is 19.1 Å². The molecular formula is C24H25ClN2O4S2. The van der Waals surface area contributed by atoms with Crippen LogP contribution in [0.15, 0.2) is 41.3 Å². The number of nitrogens with one attached hydrogen (secondary N) is 1. The number of anilines is 1. The Kier molecular flexibility index (Phi) is 8.40. The summed E-state index contributed by atoms with van der Waals surface area (Å²) in [4.78, 5) is 27.1. The summed E-state index contributed by atoms with van der Waals surface area (Å²) in [5.74, 6) is 0.488. The van der Waals surface area contributed by atoms with Crippen molar-refractivity contribution >= 4 is 63.5 Å². The van der Waals surface area contributed by atoms with Crippen molar-refractivity contribution in [1.82, 2.24) is 4.90 Å². The van der Waals surface area contributed by atoms with Crippen LogP contribution in [-0.4, -0.2) is 40.3 Å². The average molecular weight is 505 g/mol. The lowest BCUT2D eigenvalue weighted by atomic mass is 10.1. The minimum Gasteiger partial charge on any atom is -0.490 e. The molecule has 3 rings (SSSR count). The predicted molar refractivity (Wildman–Crippen MR) is 138 cm³/mol. The molecule has 9 heteroatoms. The van der Waals surface area contributed by atoms with Crippen LogP contribution >= 0.6 is 35.6 Å². The van der Waals surface area contributed by atoms with Gasteiger partial charge in [-0.1, -0.05) is 47.7 Å². The fraction of sp³-hybridized carbons (Fsp3) is 0.292. The molecule has 33 heavy (non-hydrogen) atoms. The number of hydrogen-bond acceptors (Lipinski definition) is 6. The molecule has 0 aromatic heterocycles. The molecule has 6 nitrogen and oxygen atoms in total. The molecule has 1 fully saturated rings. The first-order valence-electron chi connectivity index (χ1n) is 10.4. The van der Waals surface area contributed by atoms with Crippen LogP contribution in [0, 0.1) is 6.92 Å². The summed E-state index contributed by atoms with van der Waals surface area (Å²) in [7, 11) is 0. The lowest BCUT2D eigenvalue weighted by Gasteiger charge is -2.18. The molecule has 0 aliphatic carbocycles. The number of benzene rings is 2. The van der Waals surface area contributed by atoms with Gasteiger partial charge in [0.15, 0.2) is 18.1 Å². The van der Waals surface area contributed by atoms with Gasteiger partial charge >= 0.3 is 0 Å². The molecule has 0 unspecified atom stereocenters. The number of halogens is 1. The molecule has 0 radical (unpaired) electrons. The summed E-state index contributed by atoms with van der Waals surface area (Å²) >= 11 is 12.7. The van der Waals surface area contributed by atoms with Gasteiger partial charge in [-0.15, -0.1) is 0 Å². The van der Waals surface area contributed by atoms with Gasteiger partial charge in [0.1, 0.15) is 4.32 Å². The van der Waals surface area contributed by atoms with E-state index < -0.39 is 0 Å². The van der Waals surface area contributed by atoms with Crippen LogP contribution in [0.4, 0.5) is 5.69 Å². The number of hydrogen-bond donors (Lipinski definition) is 1. The number of ether oxygens (including phenoxy) is 2. The zero-order valence-corrected chi connectivity index (χ0v) is 21.2. The molecule has 0 spiro atoms. The molecule has 1 saturated heterocycles. The summed E-state index contributed by atoms with van der Waals surface area (Å²) in [6.45, 7) is 7.83. The number of carbonyl (C=O) groups excluding carboxylic acids is 2. The summed E-state index contributed by atoms with van der Waals surface area (Å²) in [6.07, 6.45) is 1.78. The molecule has 2 aromatic rings. The van der Waals surface area contributed by atoms with Crippen molar-refractivity contribution in [3.63, 3.8) is 0 Å². The summed E-state index contributed by atoms with van der Waals surface area (Å²) in [6, 6.07) is 10.6. The number of amides is 2. The van der Waals surface area contributed by atoms with E-state index >= 15 is 0 Å². The smallest absolute Gasteiger partial charge is 0.266 e. The van der Waals surface area contributed by atoms with Crippen LogP contribution in [-0.2, 0) is 9.59 Å². The van der Waals surface area contributed by atoms with Crippen LogP contribution in [0.3, 0.4) is 0 Å². The monoisotopic (exact) mass is 504 g/mol. The number of thiocarbonyl (C=S) groups is 1. The number of rotatable bonds is 8. The standard InChI is InChI=1S/C24H25ClN2O4S2/c1-5-30-20-10-16(11-21-23(29)27(14(2)3)24(32)33-21)7-9-19(20)31-13-22(28)26-17-8-6-15(4)18(25)12-17/h6-12,14H,5,13H2,1-4H3,(H,26,28)/b21-11-. The van der Waals surface area contributed by atoms with Gasteiger partial charge < -0.3 is 14.8 Å². The van der Waals surface area contributed by atoms with E-state index in [1.807, 2.05) is 33.8 Å². The summed E-state index contributed by atoms with van der Waals surface area (Å²) < 4.78 is 11.9. The topological polar surface area (TPSA) is 67.9 Å². The van der Waals surface area contributed by atoms with Crippen LogP contribution in [0.1, 0.15) is 31.9 Å². The number of aryl methyl sites for hydroxylation is 1. The highest BCUT2D eigenvalue weighted by Crippen LogP contribution is 2.35. The molecule has 0 atom stereocenters. The minimum absolute atomic E-state index is 0.000225. The third-order valence-electron chi connectivity index (χ3n) is 4.72. The number of carbonyl (C=O) groups is 2. The Morgan fingerprint density at radius 1 is 1.21 bits per heavy atom. The van der Waals surface area contributed by atoms with Gasteiger partial charge in [-0.05, 0) is 69.2 Å². The molecule has 1 aliphatic rings. The second-order valence-corrected chi connectivity index (χ2v) is 9.67. The van der Waals surface area contributed by atoms with Crippen molar-refractivity contribution in [1.29, 1.82) is 0 Å². The van der Waals surface area contributed by atoms with E-state index in [2.05, 4.69) is 5.32 Å². The van der Waals surface area contributed by atoms with Crippen LogP contribution in [0.2, 0.25) is 5.02 Å². The maximum absolute atomic E-state index is 12.6. The lowest BCUT2D eigenvalue weighted by molar-refractivity contribution is -0.123. The highest BCUT2D eigenvalue weighted by molar-refractivity contribution is 8.26. The molecule has 174 valence electrons. The zero-order valence-electron chi connectivity index (χ0n) is 18.8. The Morgan fingerprint density at radius 3 is 2.61 bits per heavy atom. The van der Waals surface area contributed by atoms with Crippen molar-refractivity contribution in [3.05, 3.63) is 57.5 Å². The second kappa shape index (κ2) is 11.0. The number of nitrogens with zero attached hydrogens (tertiary/aromatic N) is 1. The molecule has 2 amide bonds. The Hall–Kier alpha value is -2.55. The molecule has 1 N–H and O–H groups in total. The van der Waals surface area contributed by atoms with Gasteiger partial charge in [-0.3, -0.25) is 14.5 Å². The molecular weight excluding hydrogens is 480 g/mol. The SMILES string of the molecule is CCOc1cc(/C=C2\SC(=S)N(C(C)C)C2=O)ccc1OCC(=O)Nc1ccc(C)c(Cl)c1. The summed E-state index contributed by atoms with van der Waals surface area (Å²) in [5, 5.41) is 3.33. The Labute approximate surface area is 208 Å². The predicted octanol–water partition coefficient (Wildman–Crippen LogP) is 5.67. The average Bonchev–Trinajstić information content (AvgIpc) is 3.03. The van der Waals surface area contributed by atoms with Gasteiger partial charge in [0, 0.05) is 16.8 Å². The van der Waals surface area contributed by atoms with Crippen molar-refractivity contribution in [2.24, 2.45) is 0 Å². The van der Waals surface area contributed by atoms with Crippen LogP contribution in [0.25, 0.3) is 6.08 Å². The third kappa shape index (κ3) is 6.28. The Morgan fingerprint density at radius 2 is 1.97 bits per heavy atom. The molecule has 0 saturated carbocycles. The Balaban J connectivity index is 1.71. The van der Waals surface area contributed by atoms with E-state index in [0.717, 1.165) is 11.1 Å². The molecule has 0 bridgehead atoms. The fourth-order valence-corrected chi connectivity index (χ4v) is 4.79. The molecule has 2 aromatic carbocycles. The molecule has 1 aliphatic heterocycles. The highest BCUT2D eigenvalue weighted by atomic mass is 35.5. The first kappa shape index (κ1) is 25.1. The largest absolute Gasteiger partial charge is 0.490 e.